The van der Waals surface area contributed by atoms with Gasteiger partial charge in [-0.15, -0.1) is 0 Å². The Labute approximate surface area is 121 Å². The molecule has 1 heterocycles. The Morgan fingerprint density at radius 3 is 2.70 bits per heavy atom. The number of nitrogens with zero attached hydrogens (tertiary/aromatic N) is 1. The smallest absolute Gasteiger partial charge is 0.217 e. The van der Waals surface area contributed by atoms with E-state index in [1.165, 1.54) is 0 Å². The maximum atomic E-state index is 12.2. The van der Waals surface area contributed by atoms with Crippen molar-refractivity contribution in [2.45, 2.75) is 19.9 Å². The third-order valence-corrected chi connectivity index (χ3v) is 5.16. The summed E-state index contributed by atoms with van der Waals surface area (Å²) in [5, 5.41) is 3.23. The molecule has 0 aromatic heterocycles. The fourth-order valence-corrected chi connectivity index (χ4v) is 3.55. The minimum atomic E-state index is -3.23. The summed E-state index contributed by atoms with van der Waals surface area (Å²) >= 11 is 0. The molecule has 1 aliphatic heterocycles. The average Bonchev–Trinajstić information content (AvgIpc) is 2.41. The Kier molecular flexibility index (Phi) is 5.01. The van der Waals surface area contributed by atoms with Crippen LogP contribution in [-0.4, -0.2) is 50.8 Å². The van der Waals surface area contributed by atoms with Crippen LogP contribution >= 0.6 is 0 Å². The zero-order valence-electron chi connectivity index (χ0n) is 12.0. The molecular formula is C14H22N2O3S. The first kappa shape index (κ1) is 15.3. The summed E-state index contributed by atoms with van der Waals surface area (Å²) in [5.74, 6) is 0.729. The highest BCUT2D eigenvalue weighted by molar-refractivity contribution is 7.89. The molecular weight excluding hydrogens is 276 g/mol. The topological polar surface area (TPSA) is 58.6 Å². The molecule has 6 heteroatoms. The molecule has 0 spiro atoms. The van der Waals surface area contributed by atoms with Gasteiger partial charge in [0, 0.05) is 25.7 Å². The van der Waals surface area contributed by atoms with Crippen LogP contribution < -0.4 is 10.1 Å². The summed E-state index contributed by atoms with van der Waals surface area (Å²) in [4.78, 5) is 0. The lowest BCUT2D eigenvalue weighted by Gasteiger charge is -2.30. The van der Waals surface area contributed by atoms with Crippen molar-refractivity contribution in [3.8, 4) is 5.75 Å². The molecule has 0 aliphatic carbocycles. The lowest BCUT2D eigenvalue weighted by molar-refractivity contribution is 0.301. The van der Waals surface area contributed by atoms with Crippen LogP contribution in [0, 0.1) is 6.92 Å². The molecule has 2 rings (SSSR count). The van der Waals surface area contributed by atoms with Gasteiger partial charge in [-0.05, 0) is 26.0 Å². The highest BCUT2D eigenvalue weighted by atomic mass is 32.2. The second-order valence-corrected chi connectivity index (χ2v) is 7.28. The van der Waals surface area contributed by atoms with Gasteiger partial charge in [0.15, 0.2) is 0 Å². The van der Waals surface area contributed by atoms with Gasteiger partial charge in [-0.1, -0.05) is 17.7 Å². The van der Waals surface area contributed by atoms with Gasteiger partial charge in [-0.25, -0.2) is 8.42 Å². The summed E-state index contributed by atoms with van der Waals surface area (Å²) in [7, 11) is -3.23. The number of aryl methyl sites for hydroxylation is 1. The van der Waals surface area contributed by atoms with E-state index in [1.807, 2.05) is 38.1 Å². The highest BCUT2D eigenvalue weighted by Crippen LogP contribution is 2.12. The second kappa shape index (κ2) is 6.56. The highest BCUT2D eigenvalue weighted by Gasteiger charge is 2.26. The van der Waals surface area contributed by atoms with Crippen molar-refractivity contribution in [1.82, 2.24) is 9.62 Å². The molecule has 1 unspecified atom stereocenters. The largest absolute Gasteiger partial charge is 0.492 e. The number of hydrogen-bond acceptors (Lipinski definition) is 4. The molecule has 1 aromatic carbocycles. The number of nitrogens with one attached hydrogen (secondary N) is 1. The molecule has 0 radical (unpaired) electrons. The monoisotopic (exact) mass is 298 g/mol. The van der Waals surface area contributed by atoms with E-state index < -0.39 is 10.0 Å². The molecule has 112 valence electrons. The van der Waals surface area contributed by atoms with E-state index in [-0.39, 0.29) is 18.4 Å². The fraction of sp³-hybridized carbons (Fsp3) is 0.571. The van der Waals surface area contributed by atoms with Crippen molar-refractivity contribution in [2.75, 3.05) is 32.0 Å². The van der Waals surface area contributed by atoms with Gasteiger partial charge in [0.1, 0.15) is 12.4 Å². The quantitative estimate of drug-likeness (QED) is 0.881. The molecule has 20 heavy (non-hydrogen) atoms. The number of piperazine rings is 1. The van der Waals surface area contributed by atoms with Crippen LogP contribution in [0.1, 0.15) is 12.5 Å². The minimum absolute atomic E-state index is 0.0214. The zero-order valence-corrected chi connectivity index (χ0v) is 12.8. The molecule has 1 aromatic rings. The second-order valence-electron chi connectivity index (χ2n) is 5.19. The van der Waals surface area contributed by atoms with Crippen molar-refractivity contribution >= 4 is 10.0 Å². The maximum Gasteiger partial charge on any atom is 0.217 e. The molecule has 0 amide bonds. The van der Waals surface area contributed by atoms with E-state index in [9.17, 15) is 8.42 Å². The third kappa shape index (κ3) is 4.19. The zero-order chi connectivity index (χ0) is 14.6. The molecule has 1 N–H and O–H groups in total. The van der Waals surface area contributed by atoms with Crippen LogP contribution in [0.4, 0.5) is 0 Å². The standard InChI is InChI=1S/C14H22N2O3S/c1-12-3-5-14(6-4-12)19-9-10-20(17,18)16-8-7-15-13(2)11-16/h3-6,13,15H,7-11H2,1-2H3. The normalized spacial score (nSPS) is 20.8. The van der Waals surface area contributed by atoms with Gasteiger partial charge in [0.25, 0.3) is 0 Å². The summed E-state index contributed by atoms with van der Waals surface area (Å²) in [6, 6.07) is 7.81. The predicted octanol–water partition coefficient (Wildman–Crippen LogP) is 0.997. The van der Waals surface area contributed by atoms with E-state index in [2.05, 4.69) is 5.32 Å². The number of hydrogen-bond donors (Lipinski definition) is 1. The van der Waals surface area contributed by atoms with Gasteiger partial charge in [-0.2, -0.15) is 4.31 Å². The summed E-state index contributed by atoms with van der Waals surface area (Å²) in [6.07, 6.45) is 0. The van der Waals surface area contributed by atoms with Crippen molar-refractivity contribution in [3.05, 3.63) is 29.8 Å². The Balaban J connectivity index is 1.84. The van der Waals surface area contributed by atoms with E-state index >= 15 is 0 Å². The lowest BCUT2D eigenvalue weighted by atomic mass is 10.2. The number of benzene rings is 1. The number of sulfonamides is 1. The molecule has 1 fully saturated rings. The Morgan fingerprint density at radius 2 is 2.05 bits per heavy atom. The summed E-state index contributed by atoms with van der Waals surface area (Å²) in [5.41, 5.74) is 1.15. The number of rotatable bonds is 5. The third-order valence-electron chi connectivity index (χ3n) is 3.36. The van der Waals surface area contributed by atoms with Gasteiger partial charge in [0.2, 0.25) is 10.0 Å². The molecule has 1 atom stereocenters. The fourth-order valence-electron chi connectivity index (χ4n) is 2.18. The minimum Gasteiger partial charge on any atom is -0.492 e. The SMILES string of the molecule is Cc1ccc(OCCS(=O)(=O)N2CCNC(C)C2)cc1. The van der Waals surface area contributed by atoms with Crippen LogP contribution in [0.3, 0.4) is 0 Å². The Morgan fingerprint density at radius 1 is 1.35 bits per heavy atom. The van der Waals surface area contributed by atoms with Crippen LogP contribution in [0.5, 0.6) is 5.75 Å². The van der Waals surface area contributed by atoms with Crippen molar-refractivity contribution in [3.63, 3.8) is 0 Å². The molecule has 5 nitrogen and oxygen atoms in total. The molecule has 0 bridgehead atoms. The van der Waals surface area contributed by atoms with Crippen molar-refractivity contribution in [2.24, 2.45) is 0 Å². The van der Waals surface area contributed by atoms with Crippen LogP contribution in [-0.2, 0) is 10.0 Å². The Hall–Kier alpha value is -1.11. The predicted molar refractivity (Wildman–Crippen MR) is 79.5 cm³/mol. The first-order chi connectivity index (χ1) is 9.47. The van der Waals surface area contributed by atoms with Gasteiger partial charge < -0.3 is 10.1 Å². The summed E-state index contributed by atoms with van der Waals surface area (Å²) in [6.45, 7) is 5.96. The van der Waals surface area contributed by atoms with Crippen molar-refractivity contribution < 1.29 is 13.2 Å². The summed E-state index contributed by atoms with van der Waals surface area (Å²) < 4.78 is 31.4. The first-order valence-corrected chi connectivity index (χ1v) is 8.49. The van der Waals surface area contributed by atoms with Crippen LogP contribution in [0.2, 0.25) is 0 Å². The number of ether oxygens (including phenoxy) is 1. The van der Waals surface area contributed by atoms with Gasteiger partial charge in [0.05, 0.1) is 5.75 Å². The lowest BCUT2D eigenvalue weighted by Crippen LogP contribution is -2.52. The van der Waals surface area contributed by atoms with E-state index in [0.717, 1.165) is 5.56 Å². The first-order valence-electron chi connectivity index (χ1n) is 6.88. The molecule has 1 saturated heterocycles. The van der Waals surface area contributed by atoms with E-state index in [0.29, 0.717) is 25.4 Å². The van der Waals surface area contributed by atoms with Crippen molar-refractivity contribution in [1.29, 1.82) is 0 Å². The Bertz CT molecular complexity index is 528. The average molecular weight is 298 g/mol. The van der Waals surface area contributed by atoms with E-state index in [4.69, 9.17) is 4.74 Å². The van der Waals surface area contributed by atoms with Crippen LogP contribution in [0.15, 0.2) is 24.3 Å². The van der Waals surface area contributed by atoms with E-state index in [1.54, 1.807) is 4.31 Å². The van der Waals surface area contributed by atoms with Crippen LogP contribution in [0.25, 0.3) is 0 Å². The van der Waals surface area contributed by atoms with Gasteiger partial charge in [-0.3, -0.25) is 0 Å². The molecule has 1 aliphatic rings. The maximum absolute atomic E-state index is 12.2. The van der Waals surface area contributed by atoms with Gasteiger partial charge >= 0.3 is 0 Å². The molecule has 0 saturated carbocycles.